The maximum absolute atomic E-state index is 12.2. The predicted octanol–water partition coefficient (Wildman–Crippen LogP) is 2.71. The Morgan fingerprint density at radius 2 is 2.25 bits per heavy atom. The molecule has 2 N–H and O–H groups in total. The molecule has 2 aliphatic rings. The third kappa shape index (κ3) is 3.07. The molecule has 0 unspecified atom stereocenters. The number of carbonyl (C=O) groups is 1. The molecule has 2 atom stereocenters. The molecular formula is C18H17N3O2S. The molecular weight excluding hydrogens is 322 g/mol. The van der Waals surface area contributed by atoms with Crippen LogP contribution < -0.4 is 5.32 Å². The topological polar surface area (TPSA) is 74.6 Å². The molecule has 2 fully saturated rings. The van der Waals surface area contributed by atoms with Crippen LogP contribution in [0.25, 0.3) is 17.0 Å². The SMILES string of the molecule is O=C1NC(=N[C@@H]2CCC[C@H]2O)SC1=Cc1ccc2ncccc2c1. The van der Waals surface area contributed by atoms with Gasteiger partial charge in [0.15, 0.2) is 5.17 Å². The first-order valence-electron chi connectivity index (χ1n) is 8.00. The number of nitrogens with one attached hydrogen (secondary N) is 1. The van der Waals surface area contributed by atoms with Gasteiger partial charge in [0, 0.05) is 11.6 Å². The molecule has 24 heavy (non-hydrogen) atoms. The van der Waals surface area contributed by atoms with Gasteiger partial charge in [-0.25, -0.2) is 0 Å². The van der Waals surface area contributed by atoms with Crippen LogP contribution in [0.5, 0.6) is 0 Å². The number of amides is 1. The van der Waals surface area contributed by atoms with E-state index in [1.165, 1.54) is 11.8 Å². The number of aliphatic hydroxyl groups excluding tert-OH is 1. The largest absolute Gasteiger partial charge is 0.391 e. The molecule has 122 valence electrons. The van der Waals surface area contributed by atoms with Gasteiger partial charge in [-0.15, -0.1) is 0 Å². The summed E-state index contributed by atoms with van der Waals surface area (Å²) in [6.07, 6.45) is 5.87. The summed E-state index contributed by atoms with van der Waals surface area (Å²) in [6.45, 7) is 0. The van der Waals surface area contributed by atoms with E-state index in [0.29, 0.717) is 10.1 Å². The molecule has 1 saturated heterocycles. The first-order chi connectivity index (χ1) is 11.7. The van der Waals surface area contributed by atoms with Crippen LogP contribution in [0.4, 0.5) is 0 Å². The summed E-state index contributed by atoms with van der Waals surface area (Å²) in [4.78, 5) is 21.6. The molecule has 1 aromatic carbocycles. The number of hydrogen-bond acceptors (Lipinski definition) is 5. The molecule has 0 spiro atoms. The minimum Gasteiger partial charge on any atom is -0.391 e. The number of aliphatic hydroxyl groups is 1. The van der Waals surface area contributed by atoms with Gasteiger partial charge < -0.3 is 10.4 Å². The minimum atomic E-state index is -0.393. The monoisotopic (exact) mass is 339 g/mol. The number of thioether (sulfide) groups is 1. The fraction of sp³-hybridized carbons (Fsp3) is 0.278. The van der Waals surface area contributed by atoms with Crippen LogP contribution in [0.15, 0.2) is 46.4 Å². The Bertz CT molecular complexity index is 862. The Morgan fingerprint density at radius 3 is 3.08 bits per heavy atom. The molecule has 4 rings (SSSR count). The highest BCUT2D eigenvalue weighted by molar-refractivity contribution is 8.18. The molecule has 0 radical (unpaired) electrons. The molecule has 6 heteroatoms. The lowest BCUT2D eigenvalue weighted by molar-refractivity contribution is -0.115. The van der Waals surface area contributed by atoms with Crippen molar-refractivity contribution >= 4 is 39.8 Å². The van der Waals surface area contributed by atoms with Crippen molar-refractivity contribution < 1.29 is 9.90 Å². The molecule has 5 nitrogen and oxygen atoms in total. The van der Waals surface area contributed by atoms with Crippen LogP contribution in [0, 0.1) is 0 Å². The zero-order valence-corrected chi connectivity index (χ0v) is 13.8. The van der Waals surface area contributed by atoms with Gasteiger partial charge in [-0.1, -0.05) is 12.1 Å². The lowest BCUT2D eigenvalue weighted by atomic mass is 10.1. The Balaban J connectivity index is 1.57. The maximum atomic E-state index is 12.2. The standard InChI is InChI=1S/C18H17N3O2S/c22-15-5-1-4-14(15)20-18-21-17(23)16(24-18)10-11-6-7-13-12(9-11)3-2-8-19-13/h2-3,6-10,14-15,22H,1,4-5H2,(H,20,21,23)/t14-,15-/m1/s1. The molecule has 1 aromatic heterocycles. The highest BCUT2D eigenvalue weighted by Gasteiger charge is 2.29. The van der Waals surface area contributed by atoms with E-state index in [-0.39, 0.29) is 11.9 Å². The van der Waals surface area contributed by atoms with Crippen molar-refractivity contribution in [3.63, 3.8) is 0 Å². The van der Waals surface area contributed by atoms with E-state index in [2.05, 4.69) is 15.3 Å². The third-order valence-electron chi connectivity index (χ3n) is 4.30. The van der Waals surface area contributed by atoms with Crippen LogP contribution in [-0.4, -0.2) is 33.3 Å². The van der Waals surface area contributed by atoms with E-state index >= 15 is 0 Å². The fourth-order valence-electron chi connectivity index (χ4n) is 3.05. The highest BCUT2D eigenvalue weighted by atomic mass is 32.2. The van der Waals surface area contributed by atoms with Crippen molar-refractivity contribution in [2.45, 2.75) is 31.4 Å². The number of benzene rings is 1. The van der Waals surface area contributed by atoms with Gasteiger partial charge in [0.2, 0.25) is 0 Å². The Morgan fingerprint density at radius 1 is 1.33 bits per heavy atom. The van der Waals surface area contributed by atoms with Crippen molar-refractivity contribution in [2.75, 3.05) is 0 Å². The van der Waals surface area contributed by atoms with Gasteiger partial charge >= 0.3 is 0 Å². The van der Waals surface area contributed by atoms with E-state index in [0.717, 1.165) is 35.7 Å². The van der Waals surface area contributed by atoms with E-state index in [1.54, 1.807) is 6.20 Å². The molecule has 1 amide bonds. The molecule has 0 bridgehead atoms. The molecule has 1 aliphatic carbocycles. The summed E-state index contributed by atoms with van der Waals surface area (Å²) >= 11 is 1.33. The van der Waals surface area contributed by atoms with Gasteiger partial charge in [0.05, 0.1) is 22.6 Å². The number of fused-ring (bicyclic) bond motifs is 1. The van der Waals surface area contributed by atoms with E-state index in [1.807, 2.05) is 36.4 Å². The second kappa shape index (κ2) is 6.37. The number of pyridine rings is 1. The van der Waals surface area contributed by atoms with Gasteiger partial charge in [-0.3, -0.25) is 14.8 Å². The zero-order chi connectivity index (χ0) is 16.5. The first kappa shape index (κ1) is 15.4. The van der Waals surface area contributed by atoms with Crippen molar-refractivity contribution in [1.82, 2.24) is 10.3 Å². The maximum Gasteiger partial charge on any atom is 0.264 e. The van der Waals surface area contributed by atoms with Crippen LogP contribution in [0.2, 0.25) is 0 Å². The van der Waals surface area contributed by atoms with Gasteiger partial charge in [-0.2, -0.15) is 0 Å². The number of aromatic nitrogens is 1. The lowest BCUT2D eigenvalue weighted by Gasteiger charge is -2.09. The van der Waals surface area contributed by atoms with Crippen molar-refractivity contribution in [3.8, 4) is 0 Å². The summed E-state index contributed by atoms with van der Waals surface area (Å²) in [5, 5.41) is 14.3. The predicted molar refractivity (Wildman–Crippen MR) is 96.5 cm³/mol. The third-order valence-corrected chi connectivity index (χ3v) is 5.23. The lowest BCUT2D eigenvalue weighted by Crippen LogP contribution is -2.24. The van der Waals surface area contributed by atoms with Crippen molar-refractivity contribution in [2.24, 2.45) is 4.99 Å². The second-order valence-electron chi connectivity index (χ2n) is 6.02. The van der Waals surface area contributed by atoms with E-state index < -0.39 is 6.10 Å². The van der Waals surface area contributed by atoms with Gasteiger partial charge in [0.1, 0.15) is 0 Å². The Hall–Kier alpha value is -2.18. The van der Waals surface area contributed by atoms with Crippen molar-refractivity contribution in [3.05, 3.63) is 47.0 Å². The average molecular weight is 339 g/mol. The minimum absolute atomic E-state index is 0.0982. The van der Waals surface area contributed by atoms with Gasteiger partial charge in [-0.05, 0) is 60.9 Å². The average Bonchev–Trinajstić information content (AvgIpc) is 3.14. The normalized spacial score (nSPS) is 27.3. The van der Waals surface area contributed by atoms with Crippen LogP contribution >= 0.6 is 11.8 Å². The fourth-order valence-corrected chi connectivity index (χ4v) is 3.92. The van der Waals surface area contributed by atoms with Crippen molar-refractivity contribution in [1.29, 1.82) is 0 Å². The number of hydrogen-bond donors (Lipinski definition) is 2. The summed E-state index contributed by atoms with van der Waals surface area (Å²) in [5.74, 6) is -0.141. The van der Waals surface area contributed by atoms with Crippen LogP contribution in [0.3, 0.4) is 0 Å². The number of nitrogens with zero attached hydrogens (tertiary/aromatic N) is 2. The number of rotatable bonds is 2. The highest BCUT2D eigenvalue weighted by Crippen LogP contribution is 2.29. The smallest absolute Gasteiger partial charge is 0.264 e. The number of aliphatic imine (C=N–C) groups is 1. The first-order valence-corrected chi connectivity index (χ1v) is 8.82. The zero-order valence-electron chi connectivity index (χ0n) is 13.0. The molecule has 2 aromatic rings. The van der Waals surface area contributed by atoms with Gasteiger partial charge in [0.25, 0.3) is 5.91 Å². The Kier molecular flexibility index (Phi) is 4.08. The number of carbonyl (C=O) groups excluding carboxylic acids is 1. The second-order valence-corrected chi connectivity index (χ2v) is 7.05. The summed E-state index contributed by atoms with van der Waals surface area (Å²) < 4.78 is 0. The van der Waals surface area contributed by atoms with E-state index in [4.69, 9.17) is 0 Å². The van der Waals surface area contributed by atoms with Crippen LogP contribution in [0.1, 0.15) is 24.8 Å². The quantitative estimate of drug-likeness (QED) is 0.825. The molecule has 2 heterocycles. The summed E-state index contributed by atoms with van der Waals surface area (Å²) in [7, 11) is 0. The summed E-state index contributed by atoms with van der Waals surface area (Å²) in [5.41, 5.74) is 1.89. The van der Waals surface area contributed by atoms with Crippen LogP contribution in [-0.2, 0) is 4.79 Å². The Labute approximate surface area is 143 Å². The molecule has 1 aliphatic heterocycles. The van der Waals surface area contributed by atoms with E-state index in [9.17, 15) is 9.90 Å². The summed E-state index contributed by atoms with van der Waals surface area (Å²) in [6, 6.07) is 9.71. The number of amidine groups is 1. The molecule has 1 saturated carbocycles.